The van der Waals surface area contributed by atoms with Crippen LogP contribution in [0.25, 0.3) is 27.7 Å². The summed E-state index contributed by atoms with van der Waals surface area (Å²) >= 11 is 0. The Morgan fingerprint density at radius 3 is 2.50 bits per heavy atom. The van der Waals surface area contributed by atoms with E-state index in [0.29, 0.717) is 22.5 Å². The van der Waals surface area contributed by atoms with Crippen molar-refractivity contribution >= 4 is 28.8 Å². The zero-order chi connectivity index (χ0) is 26.2. The first kappa shape index (κ1) is 24.5. The van der Waals surface area contributed by atoms with Gasteiger partial charge in [0.1, 0.15) is 0 Å². The topological polar surface area (TPSA) is 125 Å². The zero-order valence-electron chi connectivity index (χ0n) is 20.1. The number of anilines is 1. The number of carbonyl (C=O) groups is 1. The lowest BCUT2D eigenvalue weighted by molar-refractivity contribution is 0.0697. The van der Waals surface area contributed by atoms with Crippen LogP contribution in [0.5, 0.6) is 5.75 Å². The summed E-state index contributed by atoms with van der Waals surface area (Å²) in [6, 6.07) is 16.8. The molecule has 0 saturated heterocycles. The van der Waals surface area contributed by atoms with Gasteiger partial charge in [-0.2, -0.15) is 5.26 Å². The molecule has 1 heterocycles. The second kappa shape index (κ2) is 9.19. The molecule has 3 aromatic carbocycles. The van der Waals surface area contributed by atoms with Crippen LogP contribution in [0.15, 0.2) is 54.6 Å². The average molecular weight is 485 g/mol. The molecular weight excluding hydrogens is 459 g/mol. The van der Waals surface area contributed by atoms with E-state index in [1.807, 2.05) is 18.4 Å². The van der Waals surface area contributed by atoms with E-state index in [1.54, 1.807) is 36.4 Å². The molecule has 0 aliphatic carbocycles. The first-order valence-corrected chi connectivity index (χ1v) is 11.2. The number of nitrogens with one attached hydrogen (secondary N) is 1. The minimum atomic E-state index is -1.03. The van der Waals surface area contributed by atoms with Gasteiger partial charge in [-0.25, -0.2) is 9.18 Å². The number of nitriles is 1. The van der Waals surface area contributed by atoms with E-state index < -0.39 is 17.2 Å². The Labute approximate surface area is 207 Å². The third kappa shape index (κ3) is 4.05. The first-order chi connectivity index (χ1) is 17.1. The molecule has 4 N–H and O–H groups in total. The second-order valence-electron chi connectivity index (χ2n) is 9.12. The van der Waals surface area contributed by atoms with Crippen LogP contribution >= 0.6 is 0 Å². The normalized spacial score (nSPS) is 11.3. The summed E-state index contributed by atoms with van der Waals surface area (Å²) in [5.74, 6) is -1.48. The van der Waals surface area contributed by atoms with Crippen molar-refractivity contribution in [1.29, 1.82) is 10.7 Å². The highest BCUT2D eigenvalue weighted by Gasteiger charge is 2.32. The fraction of sp³-hybridized carbons (Fsp3) is 0.179. The van der Waals surface area contributed by atoms with Gasteiger partial charge in [-0.15, -0.1) is 0 Å². The Hall–Kier alpha value is -4.64. The van der Waals surface area contributed by atoms with E-state index in [2.05, 4.69) is 6.07 Å². The molecule has 0 aliphatic heterocycles. The highest BCUT2D eigenvalue weighted by Crippen LogP contribution is 2.45. The first-order valence-electron chi connectivity index (χ1n) is 11.2. The van der Waals surface area contributed by atoms with Gasteiger partial charge in [0.15, 0.2) is 11.6 Å². The number of rotatable bonds is 7. The number of nitrogen functional groups attached to an aromatic ring is 1. The molecule has 0 unspecified atom stereocenters. The fourth-order valence-electron chi connectivity index (χ4n) is 4.54. The standard InChI is InChI=1S/C28H25FN4O3/c1-28(2,10-11-30)26-25(16-4-6-17(7-5-16)27(34)35)20-14-22(32)18(15-31)12-23(20)33(26)19-8-9-21(29)24(13-19)36-3/h4-9,12-15,31H,10,32H2,1-3H3,(H,34,35). The Morgan fingerprint density at radius 1 is 1.22 bits per heavy atom. The third-order valence-electron chi connectivity index (χ3n) is 6.30. The van der Waals surface area contributed by atoms with Crippen LogP contribution in [0.1, 0.15) is 41.9 Å². The molecule has 0 spiro atoms. The number of ether oxygens (including phenoxy) is 1. The number of aromatic carboxylic acids is 1. The molecule has 4 rings (SSSR count). The van der Waals surface area contributed by atoms with Gasteiger partial charge in [-0.3, -0.25) is 0 Å². The maximum Gasteiger partial charge on any atom is 0.335 e. The van der Waals surface area contributed by atoms with Crippen molar-refractivity contribution in [3.8, 4) is 28.6 Å². The van der Waals surface area contributed by atoms with Crippen molar-refractivity contribution < 1.29 is 19.0 Å². The van der Waals surface area contributed by atoms with E-state index in [0.717, 1.165) is 22.2 Å². The number of carboxylic acids is 1. The van der Waals surface area contributed by atoms with Crippen molar-refractivity contribution in [3.63, 3.8) is 0 Å². The monoisotopic (exact) mass is 484 g/mol. The fourth-order valence-corrected chi connectivity index (χ4v) is 4.54. The Morgan fingerprint density at radius 2 is 1.92 bits per heavy atom. The molecule has 0 saturated carbocycles. The predicted molar refractivity (Wildman–Crippen MR) is 138 cm³/mol. The predicted octanol–water partition coefficient (Wildman–Crippen LogP) is 5.91. The Kier molecular flexibility index (Phi) is 6.25. The summed E-state index contributed by atoms with van der Waals surface area (Å²) in [7, 11) is 1.39. The molecule has 182 valence electrons. The quantitative estimate of drug-likeness (QED) is 0.222. The van der Waals surface area contributed by atoms with Crippen LogP contribution in [0, 0.1) is 22.6 Å². The van der Waals surface area contributed by atoms with Gasteiger partial charge in [0.25, 0.3) is 0 Å². The van der Waals surface area contributed by atoms with E-state index >= 15 is 0 Å². The maximum atomic E-state index is 14.3. The Balaban J connectivity index is 2.21. The molecule has 0 amide bonds. The minimum absolute atomic E-state index is 0.0634. The summed E-state index contributed by atoms with van der Waals surface area (Å²) in [5, 5.41) is 27.6. The second-order valence-corrected chi connectivity index (χ2v) is 9.12. The zero-order valence-corrected chi connectivity index (χ0v) is 20.1. The van der Waals surface area contributed by atoms with Gasteiger partial charge in [0, 0.05) is 57.7 Å². The SMILES string of the molecule is COc1cc(-n2c(C(C)(C)CC#N)c(-c3ccc(C(=O)O)cc3)c3cc(N)c(C=N)cc32)ccc1F. The van der Waals surface area contributed by atoms with Crippen LogP contribution in [0.4, 0.5) is 10.1 Å². The molecule has 7 nitrogen and oxygen atoms in total. The summed E-state index contributed by atoms with van der Waals surface area (Å²) in [4.78, 5) is 11.4. The summed E-state index contributed by atoms with van der Waals surface area (Å²) in [5.41, 5.74) is 10.2. The molecule has 0 atom stereocenters. The number of halogens is 1. The lowest BCUT2D eigenvalue weighted by atomic mass is 9.81. The molecule has 1 aromatic heterocycles. The van der Waals surface area contributed by atoms with Crippen molar-refractivity contribution in [3.05, 3.63) is 77.2 Å². The molecule has 8 heteroatoms. The van der Waals surface area contributed by atoms with Crippen molar-refractivity contribution in [2.24, 2.45) is 0 Å². The smallest absolute Gasteiger partial charge is 0.335 e. The van der Waals surface area contributed by atoms with E-state index in [-0.39, 0.29) is 17.7 Å². The molecule has 0 bridgehead atoms. The number of fused-ring (bicyclic) bond motifs is 1. The van der Waals surface area contributed by atoms with E-state index in [4.69, 9.17) is 15.9 Å². The van der Waals surface area contributed by atoms with Crippen LogP contribution in [-0.4, -0.2) is 29.0 Å². The maximum absolute atomic E-state index is 14.3. The van der Waals surface area contributed by atoms with Gasteiger partial charge in [0.2, 0.25) is 0 Å². The summed E-state index contributed by atoms with van der Waals surface area (Å²) in [6.07, 6.45) is 1.34. The number of carboxylic acid groups (broad SMARTS) is 1. The molecular formula is C28H25FN4O3. The number of methoxy groups -OCH3 is 1. The van der Waals surface area contributed by atoms with E-state index in [1.165, 1.54) is 31.5 Å². The third-order valence-corrected chi connectivity index (χ3v) is 6.30. The molecule has 0 aliphatic rings. The van der Waals surface area contributed by atoms with Crippen LogP contribution in [0.3, 0.4) is 0 Å². The number of nitrogens with two attached hydrogens (primary N) is 1. The highest BCUT2D eigenvalue weighted by molar-refractivity contribution is 6.05. The number of hydrogen-bond acceptors (Lipinski definition) is 5. The lowest BCUT2D eigenvalue weighted by Crippen LogP contribution is -2.22. The number of aromatic nitrogens is 1. The number of nitrogens with zero attached hydrogens (tertiary/aromatic N) is 2. The van der Waals surface area contributed by atoms with Gasteiger partial charge in [-0.1, -0.05) is 26.0 Å². The van der Waals surface area contributed by atoms with Crippen molar-refractivity contribution in [2.45, 2.75) is 25.7 Å². The number of hydrogen-bond donors (Lipinski definition) is 3. The number of benzene rings is 3. The van der Waals surface area contributed by atoms with Gasteiger partial charge in [-0.05, 0) is 42.0 Å². The summed E-state index contributed by atoms with van der Waals surface area (Å²) in [6.45, 7) is 3.88. The molecule has 4 aromatic rings. The average Bonchev–Trinajstić information content (AvgIpc) is 3.18. The molecule has 0 radical (unpaired) electrons. The van der Waals surface area contributed by atoms with Gasteiger partial charge in [0.05, 0.1) is 24.3 Å². The summed E-state index contributed by atoms with van der Waals surface area (Å²) < 4.78 is 21.5. The lowest BCUT2D eigenvalue weighted by Gasteiger charge is -2.27. The van der Waals surface area contributed by atoms with Crippen LogP contribution in [-0.2, 0) is 5.41 Å². The molecule has 36 heavy (non-hydrogen) atoms. The largest absolute Gasteiger partial charge is 0.494 e. The Bertz CT molecular complexity index is 1550. The van der Waals surface area contributed by atoms with Gasteiger partial charge >= 0.3 is 5.97 Å². The highest BCUT2D eigenvalue weighted by atomic mass is 19.1. The van der Waals surface area contributed by atoms with Crippen molar-refractivity contribution in [2.75, 3.05) is 12.8 Å². The van der Waals surface area contributed by atoms with Crippen LogP contribution < -0.4 is 10.5 Å². The molecule has 0 fully saturated rings. The van der Waals surface area contributed by atoms with Crippen LogP contribution in [0.2, 0.25) is 0 Å². The minimum Gasteiger partial charge on any atom is -0.494 e. The van der Waals surface area contributed by atoms with Crippen molar-refractivity contribution in [1.82, 2.24) is 4.57 Å². The van der Waals surface area contributed by atoms with E-state index in [9.17, 15) is 19.6 Å². The van der Waals surface area contributed by atoms with Gasteiger partial charge < -0.3 is 25.6 Å².